The van der Waals surface area contributed by atoms with Gasteiger partial charge in [-0.05, 0) is 17.9 Å². The molecule has 2 atom stereocenters. The third-order valence-electron chi connectivity index (χ3n) is 2.35. The standard InChI is InChI=1S/C13H18O3S/c1-10(2)9-17(16)12(13(14)15)8-11-6-4-3-5-7-11/h3-7,10,12H,8-9H2,1-2H3,(H,14,15). The van der Waals surface area contributed by atoms with Crippen molar-refractivity contribution in [2.45, 2.75) is 25.5 Å². The maximum absolute atomic E-state index is 11.9. The second-order valence-electron chi connectivity index (χ2n) is 4.46. The molecule has 0 heterocycles. The fourth-order valence-corrected chi connectivity index (χ4v) is 3.06. The first-order valence-corrected chi connectivity index (χ1v) is 7.02. The number of hydrogen-bond acceptors (Lipinski definition) is 2. The van der Waals surface area contributed by atoms with Crippen molar-refractivity contribution < 1.29 is 14.1 Å². The zero-order valence-electron chi connectivity index (χ0n) is 10.1. The number of carboxylic acid groups (broad SMARTS) is 1. The molecule has 1 N–H and O–H groups in total. The lowest BCUT2D eigenvalue weighted by Crippen LogP contribution is -2.30. The highest BCUT2D eigenvalue weighted by atomic mass is 32.2. The average molecular weight is 254 g/mol. The monoisotopic (exact) mass is 254 g/mol. The molecule has 0 amide bonds. The molecule has 0 fully saturated rings. The van der Waals surface area contributed by atoms with E-state index in [0.717, 1.165) is 5.56 Å². The summed E-state index contributed by atoms with van der Waals surface area (Å²) in [6, 6.07) is 9.33. The summed E-state index contributed by atoms with van der Waals surface area (Å²) in [7, 11) is -1.32. The Kier molecular flexibility index (Phi) is 5.35. The van der Waals surface area contributed by atoms with Gasteiger partial charge in [0.25, 0.3) is 0 Å². The van der Waals surface area contributed by atoms with Gasteiger partial charge in [-0.1, -0.05) is 44.2 Å². The van der Waals surface area contributed by atoms with E-state index in [1.807, 2.05) is 44.2 Å². The van der Waals surface area contributed by atoms with Crippen molar-refractivity contribution >= 4 is 16.8 Å². The third kappa shape index (κ3) is 4.69. The zero-order chi connectivity index (χ0) is 12.8. The van der Waals surface area contributed by atoms with Gasteiger partial charge in [-0.15, -0.1) is 0 Å². The summed E-state index contributed by atoms with van der Waals surface area (Å²) in [4.78, 5) is 11.1. The van der Waals surface area contributed by atoms with E-state index >= 15 is 0 Å². The predicted octanol–water partition coefficient (Wildman–Crippen LogP) is 2.09. The second-order valence-corrected chi connectivity index (χ2v) is 6.12. The van der Waals surface area contributed by atoms with Crippen LogP contribution in [0, 0.1) is 5.92 Å². The van der Waals surface area contributed by atoms with E-state index in [1.165, 1.54) is 0 Å². The molecule has 1 rings (SSSR count). The highest BCUT2D eigenvalue weighted by Gasteiger charge is 2.25. The van der Waals surface area contributed by atoms with Crippen molar-refractivity contribution in [3.8, 4) is 0 Å². The Bertz CT molecular complexity index is 387. The summed E-state index contributed by atoms with van der Waals surface area (Å²) in [5.41, 5.74) is 0.914. The van der Waals surface area contributed by atoms with Crippen molar-refractivity contribution in [2.24, 2.45) is 5.92 Å². The molecular formula is C13H18O3S. The van der Waals surface area contributed by atoms with Crippen molar-refractivity contribution in [3.63, 3.8) is 0 Å². The average Bonchev–Trinajstić information content (AvgIpc) is 2.25. The minimum atomic E-state index is -1.32. The largest absolute Gasteiger partial charge is 0.480 e. The highest BCUT2D eigenvalue weighted by molar-refractivity contribution is 7.86. The fourth-order valence-electron chi connectivity index (χ4n) is 1.57. The van der Waals surface area contributed by atoms with E-state index in [1.54, 1.807) is 0 Å². The van der Waals surface area contributed by atoms with E-state index in [0.29, 0.717) is 12.2 Å². The van der Waals surface area contributed by atoms with Gasteiger partial charge in [0.2, 0.25) is 0 Å². The molecule has 0 saturated heterocycles. The molecular weight excluding hydrogens is 236 g/mol. The molecule has 0 aromatic heterocycles. The molecule has 3 nitrogen and oxygen atoms in total. The third-order valence-corrected chi connectivity index (χ3v) is 4.35. The van der Waals surface area contributed by atoms with Gasteiger partial charge in [-0.2, -0.15) is 0 Å². The summed E-state index contributed by atoms with van der Waals surface area (Å²) >= 11 is 0. The number of hydrogen-bond donors (Lipinski definition) is 1. The van der Waals surface area contributed by atoms with Crippen LogP contribution in [0.5, 0.6) is 0 Å². The van der Waals surface area contributed by atoms with Gasteiger partial charge in [0, 0.05) is 16.6 Å². The van der Waals surface area contributed by atoms with Crippen LogP contribution in [0.2, 0.25) is 0 Å². The van der Waals surface area contributed by atoms with Crippen LogP contribution in [0.3, 0.4) is 0 Å². The van der Waals surface area contributed by atoms with E-state index in [9.17, 15) is 9.00 Å². The molecule has 1 aromatic carbocycles. The molecule has 0 saturated carbocycles. The van der Waals surface area contributed by atoms with Crippen LogP contribution in [0.15, 0.2) is 30.3 Å². The van der Waals surface area contributed by atoms with Crippen LogP contribution < -0.4 is 0 Å². The van der Waals surface area contributed by atoms with Gasteiger partial charge >= 0.3 is 5.97 Å². The Balaban J connectivity index is 2.74. The quantitative estimate of drug-likeness (QED) is 0.845. The van der Waals surface area contributed by atoms with Gasteiger partial charge < -0.3 is 5.11 Å². The molecule has 0 aliphatic rings. The van der Waals surface area contributed by atoms with Crippen molar-refractivity contribution in [1.29, 1.82) is 0 Å². The summed E-state index contributed by atoms with van der Waals surface area (Å²) in [5, 5.41) is 8.32. The Morgan fingerprint density at radius 2 is 1.88 bits per heavy atom. The minimum absolute atomic E-state index is 0.244. The van der Waals surface area contributed by atoms with Crippen molar-refractivity contribution in [2.75, 3.05) is 5.75 Å². The van der Waals surface area contributed by atoms with Crippen molar-refractivity contribution in [1.82, 2.24) is 0 Å². The highest BCUT2D eigenvalue weighted by Crippen LogP contribution is 2.11. The first-order chi connectivity index (χ1) is 8.00. The number of aliphatic carboxylic acids is 1. The second kappa shape index (κ2) is 6.55. The van der Waals surface area contributed by atoms with Gasteiger partial charge in [0.15, 0.2) is 0 Å². The molecule has 1 aromatic rings. The summed E-state index contributed by atoms with van der Waals surface area (Å²) in [6.07, 6.45) is 0.329. The maximum Gasteiger partial charge on any atom is 0.319 e. The van der Waals surface area contributed by atoms with Crippen LogP contribution in [-0.2, 0) is 22.0 Å². The Hall–Kier alpha value is -1.16. The van der Waals surface area contributed by atoms with Crippen LogP contribution in [0.4, 0.5) is 0 Å². The lowest BCUT2D eigenvalue weighted by Gasteiger charge is -2.13. The molecule has 0 aliphatic carbocycles. The number of carbonyl (C=O) groups is 1. The fraction of sp³-hybridized carbons (Fsp3) is 0.462. The van der Waals surface area contributed by atoms with E-state index < -0.39 is 22.0 Å². The van der Waals surface area contributed by atoms with Gasteiger partial charge in [-0.25, -0.2) is 0 Å². The predicted molar refractivity (Wildman–Crippen MR) is 69.4 cm³/mol. The van der Waals surface area contributed by atoms with Crippen LogP contribution in [0.1, 0.15) is 19.4 Å². The first-order valence-electron chi connectivity index (χ1n) is 5.64. The van der Waals surface area contributed by atoms with Gasteiger partial charge in [0.1, 0.15) is 5.25 Å². The molecule has 0 radical (unpaired) electrons. The van der Waals surface area contributed by atoms with E-state index in [2.05, 4.69) is 0 Å². The van der Waals surface area contributed by atoms with Crippen molar-refractivity contribution in [3.05, 3.63) is 35.9 Å². The topological polar surface area (TPSA) is 54.4 Å². The Morgan fingerprint density at radius 1 is 1.29 bits per heavy atom. The van der Waals surface area contributed by atoms with Gasteiger partial charge in [-0.3, -0.25) is 9.00 Å². The minimum Gasteiger partial charge on any atom is -0.480 e. The smallest absolute Gasteiger partial charge is 0.319 e. The van der Waals surface area contributed by atoms with Crippen LogP contribution in [-0.4, -0.2) is 26.3 Å². The van der Waals surface area contributed by atoms with Gasteiger partial charge in [0.05, 0.1) is 0 Å². The Labute approximate surface area is 104 Å². The molecule has 0 bridgehead atoms. The summed E-state index contributed by atoms with van der Waals surface area (Å²) < 4.78 is 11.9. The number of rotatable bonds is 6. The molecule has 0 spiro atoms. The zero-order valence-corrected chi connectivity index (χ0v) is 10.9. The lowest BCUT2D eigenvalue weighted by molar-refractivity contribution is -0.136. The number of benzene rings is 1. The molecule has 2 unspecified atom stereocenters. The first kappa shape index (κ1) is 13.9. The van der Waals surface area contributed by atoms with E-state index in [-0.39, 0.29) is 5.92 Å². The molecule has 0 aliphatic heterocycles. The molecule has 4 heteroatoms. The summed E-state index contributed by atoms with van der Waals surface area (Å²) in [6.45, 7) is 3.89. The van der Waals surface area contributed by atoms with Crippen LogP contribution >= 0.6 is 0 Å². The molecule has 17 heavy (non-hydrogen) atoms. The van der Waals surface area contributed by atoms with Crippen LogP contribution in [0.25, 0.3) is 0 Å². The van der Waals surface area contributed by atoms with E-state index in [4.69, 9.17) is 5.11 Å². The maximum atomic E-state index is 11.9. The normalized spacial score (nSPS) is 14.5. The number of carboxylic acids is 1. The Morgan fingerprint density at radius 3 is 2.35 bits per heavy atom. The lowest BCUT2D eigenvalue weighted by atomic mass is 10.1. The SMILES string of the molecule is CC(C)CS(=O)C(Cc1ccccc1)C(=O)O. The summed E-state index contributed by atoms with van der Waals surface area (Å²) in [5.74, 6) is -0.301. The molecule has 94 valence electrons.